The Morgan fingerprint density at radius 3 is 2.31 bits per heavy atom. The number of amides is 1. The Balaban J connectivity index is 1.96. The second kappa shape index (κ2) is 9.04. The highest BCUT2D eigenvalue weighted by molar-refractivity contribution is 5.97. The van der Waals surface area contributed by atoms with Gasteiger partial charge in [0.1, 0.15) is 0 Å². The molecule has 1 amide bonds. The van der Waals surface area contributed by atoms with E-state index >= 15 is 0 Å². The van der Waals surface area contributed by atoms with Crippen molar-refractivity contribution in [3.05, 3.63) is 59.7 Å². The lowest BCUT2D eigenvalue weighted by molar-refractivity contribution is -0.123. The first-order chi connectivity index (χ1) is 12.4. The number of benzene rings is 2. The van der Waals surface area contributed by atoms with Gasteiger partial charge in [0.2, 0.25) is 0 Å². The summed E-state index contributed by atoms with van der Waals surface area (Å²) >= 11 is 0. The van der Waals surface area contributed by atoms with Crippen LogP contribution in [-0.4, -0.2) is 31.1 Å². The molecule has 0 saturated heterocycles. The number of anilines is 2. The van der Waals surface area contributed by atoms with E-state index in [1.165, 1.54) is 0 Å². The molecule has 0 radical (unpaired) electrons. The third-order valence-electron chi connectivity index (χ3n) is 4.17. The third kappa shape index (κ3) is 5.09. The number of rotatable bonds is 7. The molecule has 2 aromatic carbocycles. The number of hydrogen-bond donors (Lipinski definition) is 1. The second-order valence-corrected chi connectivity index (χ2v) is 6.13. The number of nitrogens with one attached hydrogen (secondary N) is 1. The van der Waals surface area contributed by atoms with Crippen LogP contribution in [0, 0.1) is 6.92 Å². The molecule has 1 atom stereocenters. The smallest absolute Gasteiger partial charge is 0.338 e. The molecule has 0 unspecified atom stereocenters. The van der Waals surface area contributed by atoms with Gasteiger partial charge in [-0.1, -0.05) is 12.1 Å². The first-order valence-electron chi connectivity index (χ1n) is 8.88. The zero-order valence-electron chi connectivity index (χ0n) is 15.8. The molecule has 0 aliphatic heterocycles. The third-order valence-corrected chi connectivity index (χ3v) is 4.17. The predicted molar refractivity (Wildman–Crippen MR) is 105 cm³/mol. The highest BCUT2D eigenvalue weighted by Crippen LogP contribution is 2.16. The van der Waals surface area contributed by atoms with Crippen LogP contribution < -0.4 is 10.2 Å². The summed E-state index contributed by atoms with van der Waals surface area (Å²) < 4.78 is 5.29. The van der Waals surface area contributed by atoms with Crippen LogP contribution in [0.5, 0.6) is 0 Å². The number of ether oxygens (including phenoxy) is 1. The average Bonchev–Trinajstić information content (AvgIpc) is 2.63. The van der Waals surface area contributed by atoms with Crippen LogP contribution in [0.1, 0.15) is 36.7 Å². The normalized spacial score (nSPS) is 11.5. The van der Waals surface area contributed by atoms with Gasteiger partial charge in [-0.25, -0.2) is 4.79 Å². The van der Waals surface area contributed by atoms with Gasteiger partial charge in [-0.15, -0.1) is 0 Å². The number of nitrogens with zero attached hydrogens (tertiary/aromatic N) is 1. The van der Waals surface area contributed by atoms with E-state index in [9.17, 15) is 9.59 Å². The fraction of sp³-hybridized carbons (Fsp3) is 0.333. The minimum Gasteiger partial charge on any atom is -0.449 e. The highest BCUT2D eigenvalue weighted by atomic mass is 16.5. The molecule has 5 nitrogen and oxygen atoms in total. The lowest BCUT2D eigenvalue weighted by atomic mass is 10.2. The van der Waals surface area contributed by atoms with Crippen molar-refractivity contribution in [2.24, 2.45) is 0 Å². The van der Waals surface area contributed by atoms with Crippen molar-refractivity contribution in [2.45, 2.75) is 33.8 Å². The van der Waals surface area contributed by atoms with Crippen LogP contribution in [-0.2, 0) is 9.53 Å². The maximum Gasteiger partial charge on any atom is 0.338 e. The minimum absolute atomic E-state index is 0.358. The molecule has 0 heterocycles. The lowest BCUT2D eigenvalue weighted by Gasteiger charge is -2.21. The van der Waals surface area contributed by atoms with Crippen LogP contribution in [0.4, 0.5) is 11.4 Å². The van der Waals surface area contributed by atoms with Crippen molar-refractivity contribution in [1.29, 1.82) is 0 Å². The van der Waals surface area contributed by atoms with E-state index in [2.05, 4.69) is 24.1 Å². The van der Waals surface area contributed by atoms with E-state index in [0.29, 0.717) is 11.3 Å². The SMILES string of the molecule is CCN(CC)c1ccc(C(=O)O[C@@H](C)C(=O)Nc2cccc(C)c2)cc1. The van der Waals surface area contributed by atoms with E-state index in [-0.39, 0.29) is 5.91 Å². The Morgan fingerprint density at radius 1 is 1.08 bits per heavy atom. The van der Waals surface area contributed by atoms with E-state index in [0.717, 1.165) is 24.3 Å². The molecule has 0 aliphatic carbocycles. The second-order valence-electron chi connectivity index (χ2n) is 6.13. The van der Waals surface area contributed by atoms with Crippen LogP contribution in [0.3, 0.4) is 0 Å². The molecule has 0 aliphatic rings. The topological polar surface area (TPSA) is 58.6 Å². The molecule has 0 bridgehead atoms. The van der Waals surface area contributed by atoms with Crippen LogP contribution >= 0.6 is 0 Å². The summed E-state index contributed by atoms with van der Waals surface area (Å²) in [6.07, 6.45) is -0.884. The summed E-state index contributed by atoms with van der Waals surface area (Å²) in [6, 6.07) is 14.7. The molecule has 0 aromatic heterocycles. The van der Waals surface area contributed by atoms with Crippen LogP contribution in [0.25, 0.3) is 0 Å². The van der Waals surface area contributed by atoms with Gasteiger partial charge in [0, 0.05) is 24.5 Å². The molecule has 26 heavy (non-hydrogen) atoms. The Labute approximate surface area is 155 Å². The summed E-state index contributed by atoms with van der Waals surface area (Å²) in [7, 11) is 0. The first kappa shape index (κ1) is 19.5. The molecule has 2 aromatic rings. The molecule has 2 rings (SSSR count). The van der Waals surface area contributed by atoms with Crippen LogP contribution in [0.15, 0.2) is 48.5 Å². The molecule has 1 N–H and O–H groups in total. The Kier molecular flexibility index (Phi) is 6.78. The zero-order chi connectivity index (χ0) is 19.1. The fourth-order valence-electron chi connectivity index (χ4n) is 2.65. The molecule has 0 fully saturated rings. The van der Waals surface area contributed by atoms with Crippen molar-refractivity contribution in [3.63, 3.8) is 0 Å². The number of aryl methyl sites for hydroxylation is 1. The Bertz CT molecular complexity index is 752. The van der Waals surface area contributed by atoms with Crippen molar-refractivity contribution >= 4 is 23.3 Å². The first-order valence-corrected chi connectivity index (χ1v) is 8.88. The molecular formula is C21H26N2O3. The minimum atomic E-state index is -0.884. The van der Waals surface area contributed by atoms with Gasteiger partial charge in [-0.2, -0.15) is 0 Å². The Morgan fingerprint density at radius 2 is 1.73 bits per heavy atom. The largest absolute Gasteiger partial charge is 0.449 e. The summed E-state index contributed by atoms with van der Waals surface area (Å²) in [5.74, 6) is -0.869. The molecule has 138 valence electrons. The highest BCUT2D eigenvalue weighted by Gasteiger charge is 2.19. The van der Waals surface area contributed by atoms with E-state index in [4.69, 9.17) is 4.74 Å². The number of esters is 1. The maximum atomic E-state index is 12.3. The summed E-state index contributed by atoms with van der Waals surface area (Å²) in [6.45, 7) is 9.47. The van der Waals surface area contributed by atoms with Crippen LogP contribution in [0.2, 0.25) is 0 Å². The standard InChI is InChI=1S/C21H26N2O3/c1-5-23(6-2)19-12-10-17(11-13-19)21(25)26-16(4)20(24)22-18-9-7-8-15(3)14-18/h7-14,16H,5-6H2,1-4H3,(H,22,24)/t16-/m0/s1. The van der Waals surface area contributed by atoms with Crippen molar-refractivity contribution < 1.29 is 14.3 Å². The van der Waals surface area contributed by atoms with Gasteiger partial charge in [0.05, 0.1) is 5.56 Å². The van der Waals surface area contributed by atoms with Crippen molar-refractivity contribution in [2.75, 3.05) is 23.3 Å². The number of carbonyl (C=O) groups is 2. The molecular weight excluding hydrogens is 328 g/mol. The van der Waals surface area contributed by atoms with E-state index in [1.807, 2.05) is 37.3 Å². The zero-order valence-corrected chi connectivity index (χ0v) is 15.8. The predicted octanol–water partition coefficient (Wildman–Crippen LogP) is 4.03. The van der Waals surface area contributed by atoms with E-state index in [1.54, 1.807) is 25.1 Å². The molecule has 0 spiro atoms. The van der Waals surface area contributed by atoms with Gasteiger partial charge >= 0.3 is 5.97 Å². The Hall–Kier alpha value is -2.82. The number of hydrogen-bond acceptors (Lipinski definition) is 4. The van der Waals surface area contributed by atoms with Gasteiger partial charge in [-0.05, 0) is 69.7 Å². The summed E-state index contributed by atoms with van der Waals surface area (Å²) in [4.78, 5) is 26.7. The quantitative estimate of drug-likeness (QED) is 0.763. The van der Waals surface area contributed by atoms with Crippen molar-refractivity contribution in [1.82, 2.24) is 0 Å². The van der Waals surface area contributed by atoms with E-state index < -0.39 is 12.1 Å². The number of carbonyl (C=O) groups excluding carboxylic acids is 2. The lowest BCUT2D eigenvalue weighted by Crippen LogP contribution is -2.30. The van der Waals surface area contributed by atoms with Gasteiger partial charge < -0.3 is 15.0 Å². The average molecular weight is 354 g/mol. The van der Waals surface area contributed by atoms with Gasteiger partial charge in [-0.3, -0.25) is 4.79 Å². The van der Waals surface area contributed by atoms with Gasteiger partial charge in [0.25, 0.3) is 5.91 Å². The fourth-order valence-corrected chi connectivity index (χ4v) is 2.65. The maximum absolute atomic E-state index is 12.3. The van der Waals surface area contributed by atoms with Crippen molar-refractivity contribution in [3.8, 4) is 0 Å². The van der Waals surface area contributed by atoms with Gasteiger partial charge in [0.15, 0.2) is 6.10 Å². The molecule has 0 saturated carbocycles. The summed E-state index contributed by atoms with van der Waals surface area (Å²) in [5.41, 5.74) is 3.20. The molecule has 5 heteroatoms. The summed E-state index contributed by atoms with van der Waals surface area (Å²) in [5, 5.41) is 2.76. The monoisotopic (exact) mass is 354 g/mol.